The largest absolute Gasteiger partial charge is 0.459 e. The molecule has 0 saturated carbocycles. The topological polar surface area (TPSA) is 73.6 Å². The molecular weight excluding hydrogens is 318 g/mol. The molecule has 3 aromatic rings. The summed E-state index contributed by atoms with van der Waals surface area (Å²) in [7, 11) is 0. The fraction of sp³-hybridized carbons (Fsp3) is 0.125. The van der Waals surface area contributed by atoms with Crippen molar-refractivity contribution in [2.45, 2.75) is 13.5 Å². The Hall–Kier alpha value is -2.73. The molecule has 23 heavy (non-hydrogen) atoms. The zero-order valence-corrected chi connectivity index (χ0v) is 12.9. The van der Waals surface area contributed by atoms with Crippen LogP contribution in [-0.2, 0) is 16.1 Å². The van der Waals surface area contributed by atoms with Gasteiger partial charge in [-0.2, -0.15) is 0 Å². The maximum atomic E-state index is 12.9. The first-order valence-electron chi connectivity index (χ1n) is 6.81. The average Bonchev–Trinajstić information content (AvgIpc) is 2.54. The number of aromatic nitrogens is 3. The van der Waals surface area contributed by atoms with E-state index in [4.69, 9.17) is 16.3 Å². The smallest absolute Gasteiger partial charge is 0.303 e. The summed E-state index contributed by atoms with van der Waals surface area (Å²) in [6.07, 6.45) is 4.67. The van der Waals surface area contributed by atoms with E-state index in [-0.39, 0.29) is 12.2 Å². The molecule has 0 aromatic carbocycles. The van der Waals surface area contributed by atoms with E-state index in [1.165, 1.54) is 17.5 Å². The zero-order chi connectivity index (χ0) is 16.4. The van der Waals surface area contributed by atoms with Gasteiger partial charge in [0.25, 0.3) is 5.56 Å². The van der Waals surface area contributed by atoms with Gasteiger partial charge in [0, 0.05) is 25.5 Å². The minimum absolute atomic E-state index is 0.0820. The summed E-state index contributed by atoms with van der Waals surface area (Å²) >= 11 is 5.96. The lowest BCUT2D eigenvalue weighted by Gasteiger charge is -2.11. The van der Waals surface area contributed by atoms with Crippen molar-refractivity contribution in [3.63, 3.8) is 0 Å². The van der Waals surface area contributed by atoms with Crippen LogP contribution in [0.15, 0.2) is 47.7 Å². The summed E-state index contributed by atoms with van der Waals surface area (Å²) in [4.78, 5) is 32.3. The van der Waals surface area contributed by atoms with E-state index in [1.807, 2.05) is 0 Å². The van der Waals surface area contributed by atoms with Crippen LogP contribution in [0.4, 0.5) is 0 Å². The predicted octanol–water partition coefficient (Wildman–Crippen LogP) is 2.47. The van der Waals surface area contributed by atoms with Crippen LogP contribution in [0.25, 0.3) is 16.8 Å². The van der Waals surface area contributed by atoms with E-state index in [1.54, 1.807) is 36.7 Å². The van der Waals surface area contributed by atoms with Crippen LogP contribution in [0.3, 0.4) is 0 Å². The number of carbonyl (C=O) groups is 1. The maximum absolute atomic E-state index is 12.9. The molecule has 3 heterocycles. The highest BCUT2D eigenvalue weighted by Crippen LogP contribution is 2.20. The Morgan fingerprint density at radius 3 is 2.70 bits per heavy atom. The van der Waals surface area contributed by atoms with Crippen molar-refractivity contribution < 1.29 is 9.53 Å². The molecule has 116 valence electrons. The van der Waals surface area contributed by atoms with Gasteiger partial charge in [-0.05, 0) is 29.8 Å². The molecule has 0 atom stereocenters. The van der Waals surface area contributed by atoms with Gasteiger partial charge in [-0.1, -0.05) is 11.6 Å². The van der Waals surface area contributed by atoms with Crippen LogP contribution >= 0.6 is 11.6 Å². The summed E-state index contributed by atoms with van der Waals surface area (Å²) < 4.78 is 6.40. The van der Waals surface area contributed by atoms with Crippen LogP contribution in [0.1, 0.15) is 12.6 Å². The Balaban J connectivity index is 2.28. The van der Waals surface area contributed by atoms with Crippen LogP contribution in [-0.4, -0.2) is 20.3 Å². The van der Waals surface area contributed by atoms with E-state index in [9.17, 15) is 9.59 Å². The second kappa shape index (κ2) is 6.18. The lowest BCUT2D eigenvalue weighted by atomic mass is 10.1. The lowest BCUT2D eigenvalue weighted by molar-refractivity contribution is -0.142. The molecule has 0 aliphatic carbocycles. The van der Waals surface area contributed by atoms with Gasteiger partial charge in [0.2, 0.25) is 0 Å². The standard InChI is InChI=1S/C16H12ClN3O3/c1-10(21)23-9-13-15(11-4-6-18-7-5-11)16(22)20-8-12(17)2-3-14(20)19-13/h2-8H,9H2,1H3. The van der Waals surface area contributed by atoms with Gasteiger partial charge in [-0.3, -0.25) is 19.0 Å². The molecule has 0 radical (unpaired) electrons. The Morgan fingerprint density at radius 2 is 2.00 bits per heavy atom. The number of esters is 1. The van der Waals surface area contributed by atoms with Crippen molar-refractivity contribution >= 4 is 23.2 Å². The van der Waals surface area contributed by atoms with E-state index in [2.05, 4.69) is 9.97 Å². The van der Waals surface area contributed by atoms with E-state index in [0.717, 1.165) is 0 Å². The number of rotatable bonds is 3. The van der Waals surface area contributed by atoms with Crippen molar-refractivity contribution in [3.8, 4) is 11.1 Å². The Kier molecular flexibility index (Phi) is 4.08. The molecule has 0 fully saturated rings. The van der Waals surface area contributed by atoms with Gasteiger partial charge < -0.3 is 4.74 Å². The molecule has 0 aliphatic rings. The van der Waals surface area contributed by atoms with Crippen LogP contribution in [0.2, 0.25) is 5.02 Å². The highest BCUT2D eigenvalue weighted by Gasteiger charge is 2.16. The monoisotopic (exact) mass is 329 g/mol. The lowest BCUT2D eigenvalue weighted by Crippen LogP contribution is -2.20. The van der Waals surface area contributed by atoms with Gasteiger partial charge in [0.05, 0.1) is 16.3 Å². The molecule has 3 aromatic heterocycles. The van der Waals surface area contributed by atoms with Crippen LogP contribution in [0.5, 0.6) is 0 Å². The SMILES string of the molecule is CC(=O)OCc1nc2ccc(Cl)cn2c(=O)c1-c1ccncc1. The third-order valence-corrected chi connectivity index (χ3v) is 3.47. The van der Waals surface area contributed by atoms with E-state index < -0.39 is 5.97 Å². The number of halogens is 1. The molecule has 0 saturated heterocycles. The van der Waals surface area contributed by atoms with Crippen molar-refractivity contribution in [3.05, 3.63) is 63.9 Å². The highest BCUT2D eigenvalue weighted by molar-refractivity contribution is 6.30. The first-order chi connectivity index (χ1) is 11.1. The maximum Gasteiger partial charge on any atom is 0.303 e. The number of pyridine rings is 2. The normalized spacial score (nSPS) is 10.7. The summed E-state index contributed by atoms with van der Waals surface area (Å²) in [5, 5.41) is 0.426. The van der Waals surface area contributed by atoms with Gasteiger partial charge in [-0.15, -0.1) is 0 Å². The van der Waals surface area contributed by atoms with Gasteiger partial charge in [0.15, 0.2) is 0 Å². The van der Waals surface area contributed by atoms with Crippen molar-refractivity contribution in [2.75, 3.05) is 0 Å². The number of fused-ring (bicyclic) bond motifs is 1. The fourth-order valence-corrected chi connectivity index (χ4v) is 2.40. The Labute approximate surface area is 136 Å². The predicted molar refractivity (Wildman–Crippen MR) is 85.2 cm³/mol. The minimum atomic E-state index is -0.441. The summed E-state index contributed by atoms with van der Waals surface area (Å²) in [6.45, 7) is 1.22. The number of hydrogen-bond donors (Lipinski definition) is 0. The van der Waals surface area contributed by atoms with E-state index >= 15 is 0 Å². The molecule has 6 nitrogen and oxygen atoms in total. The molecule has 0 amide bonds. The number of ether oxygens (including phenoxy) is 1. The van der Waals surface area contributed by atoms with Gasteiger partial charge >= 0.3 is 5.97 Å². The summed E-state index contributed by atoms with van der Waals surface area (Å²) in [6, 6.07) is 6.68. The second-order valence-electron chi connectivity index (χ2n) is 4.83. The van der Waals surface area contributed by atoms with E-state index in [0.29, 0.717) is 27.5 Å². The van der Waals surface area contributed by atoms with Crippen molar-refractivity contribution in [1.82, 2.24) is 14.4 Å². The molecule has 0 unspecified atom stereocenters. The third-order valence-electron chi connectivity index (χ3n) is 3.24. The quantitative estimate of drug-likeness (QED) is 0.690. The molecule has 7 heteroatoms. The first kappa shape index (κ1) is 15.2. The van der Waals surface area contributed by atoms with Gasteiger partial charge in [-0.25, -0.2) is 4.98 Å². The second-order valence-corrected chi connectivity index (χ2v) is 5.27. The summed E-state index contributed by atoms with van der Waals surface area (Å²) in [5.41, 5.74) is 1.53. The molecule has 0 aliphatic heterocycles. The first-order valence-corrected chi connectivity index (χ1v) is 7.18. The number of hydrogen-bond acceptors (Lipinski definition) is 5. The molecular formula is C16H12ClN3O3. The molecule has 3 rings (SSSR count). The molecule has 0 bridgehead atoms. The fourth-order valence-electron chi connectivity index (χ4n) is 2.24. The minimum Gasteiger partial charge on any atom is -0.459 e. The number of carbonyl (C=O) groups excluding carboxylic acids is 1. The van der Waals surface area contributed by atoms with Crippen LogP contribution < -0.4 is 5.56 Å². The van der Waals surface area contributed by atoms with Crippen molar-refractivity contribution in [2.24, 2.45) is 0 Å². The highest BCUT2D eigenvalue weighted by atomic mass is 35.5. The zero-order valence-electron chi connectivity index (χ0n) is 12.2. The van der Waals surface area contributed by atoms with Gasteiger partial charge in [0.1, 0.15) is 12.3 Å². The van der Waals surface area contributed by atoms with Crippen LogP contribution in [0, 0.1) is 0 Å². The Bertz CT molecular complexity index is 938. The van der Waals surface area contributed by atoms with Crippen molar-refractivity contribution in [1.29, 1.82) is 0 Å². The molecule has 0 spiro atoms. The number of nitrogens with zero attached hydrogens (tertiary/aromatic N) is 3. The Morgan fingerprint density at radius 1 is 1.26 bits per heavy atom. The third kappa shape index (κ3) is 3.07. The molecule has 0 N–H and O–H groups in total. The summed E-state index contributed by atoms with van der Waals surface area (Å²) in [5.74, 6) is -0.441. The average molecular weight is 330 g/mol.